The molecule has 1 aliphatic rings. The van der Waals surface area contributed by atoms with Crippen molar-refractivity contribution in [1.29, 1.82) is 0 Å². The third-order valence-corrected chi connectivity index (χ3v) is 4.07. The Hall–Kier alpha value is -1.11. The van der Waals surface area contributed by atoms with Crippen LogP contribution in [-0.4, -0.2) is 6.61 Å². The molecule has 3 nitrogen and oxygen atoms in total. The predicted molar refractivity (Wildman–Crippen MR) is 84.0 cm³/mol. The Bertz CT molecular complexity index is 600. The van der Waals surface area contributed by atoms with Crippen molar-refractivity contribution in [2.45, 2.75) is 12.5 Å². The van der Waals surface area contributed by atoms with E-state index in [9.17, 15) is 0 Å². The molecular weight excluding hydrogens is 351 g/mol. The monoisotopic (exact) mass is 366 g/mol. The average molecular weight is 366 g/mol. The normalized spacial score (nSPS) is 14.8. The average Bonchev–Trinajstić information content (AvgIpc) is 2.87. The highest BCUT2D eigenvalue weighted by Crippen LogP contribution is 2.30. The zero-order valence-electron chi connectivity index (χ0n) is 10.4. The number of ether oxygens (including phenoxy) is 1. The minimum absolute atomic E-state index is 0.0145. The SMILES string of the molecule is NNC(c1cccc(I)c1)c1ccc2c(c1)CCO2. The summed E-state index contributed by atoms with van der Waals surface area (Å²) in [5.74, 6) is 6.75. The number of halogens is 1. The molecule has 3 N–H and O–H groups in total. The molecule has 0 spiro atoms. The largest absolute Gasteiger partial charge is 0.493 e. The van der Waals surface area contributed by atoms with Crippen molar-refractivity contribution in [3.63, 3.8) is 0 Å². The number of nitrogens with one attached hydrogen (secondary N) is 1. The van der Waals surface area contributed by atoms with Crippen molar-refractivity contribution in [3.05, 3.63) is 62.7 Å². The van der Waals surface area contributed by atoms with Gasteiger partial charge in [-0.25, -0.2) is 5.43 Å². The second kappa shape index (κ2) is 5.48. The first kappa shape index (κ1) is 12.9. The van der Waals surface area contributed by atoms with Gasteiger partial charge in [0.15, 0.2) is 0 Å². The van der Waals surface area contributed by atoms with E-state index in [-0.39, 0.29) is 6.04 Å². The summed E-state index contributed by atoms with van der Waals surface area (Å²) in [5, 5.41) is 0. The molecule has 0 saturated heterocycles. The van der Waals surface area contributed by atoms with Gasteiger partial charge in [0.05, 0.1) is 12.6 Å². The maximum atomic E-state index is 5.75. The van der Waals surface area contributed by atoms with Gasteiger partial charge in [-0.3, -0.25) is 5.84 Å². The summed E-state index contributed by atoms with van der Waals surface area (Å²) in [6, 6.07) is 14.7. The molecule has 0 amide bonds. The van der Waals surface area contributed by atoms with Crippen molar-refractivity contribution in [3.8, 4) is 5.75 Å². The number of hydrazine groups is 1. The maximum Gasteiger partial charge on any atom is 0.122 e. The van der Waals surface area contributed by atoms with Crippen LogP contribution in [0.4, 0.5) is 0 Å². The summed E-state index contributed by atoms with van der Waals surface area (Å²) in [6.45, 7) is 0.780. The maximum absolute atomic E-state index is 5.75. The van der Waals surface area contributed by atoms with E-state index in [1.54, 1.807) is 0 Å². The molecule has 0 fully saturated rings. The van der Waals surface area contributed by atoms with Crippen LogP contribution in [-0.2, 0) is 6.42 Å². The summed E-state index contributed by atoms with van der Waals surface area (Å²) < 4.78 is 6.75. The predicted octanol–water partition coefficient (Wildman–Crippen LogP) is 2.78. The Morgan fingerprint density at radius 3 is 2.79 bits per heavy atom. The van der Waals surface area contributed by atoms with Crippen molar-refractivity contribution in [1.82, 2.24) is 5.43 Å². The van der Waals surface area contributed by atoms with Crippen LogP contribution in [0.25, 0.3) is 0 Å². The van der Waals surface area contributed by atoms with Gasteiger partial charge in [-0.05, 0) is 57.5 Å². The van der Waals surface area contributed by atoms with Crippen molar-refractivity contribution in [2.24, 2.45) is 5.84 Å². The van der Waals surface area contributed by atoms with E-state index < -0.39 is 0 Å². The molecule has 2 aromatic carbocycles. The Morgan fingerprint density at radius 1 is 1.16 bits per heavy atom. The quantitative estimate of drug-likeness (QED) is 0.499. The zero-order chi connectivity index (χ0) is 13.2. The Balaban J connectivity index is 1.98. The number of nitrogens with two attached hydrogens (primary N) is 1. The number of hydrogen-bond acceptors (Lipinski definition) is 3. The molecule has 4 heteroatoms. The van der Waals surface area contributed by atoms with Gasteiger partial charge in [-0.15, -0.1) is 0 Å². The van der Waals surface area contributed by atoms with Gasteiger partial charge in [0.25, 0.3) is 0 Å². The fourth-order valence-electron chi connectivity index (χ4n) is 2.46. The summed E-state index contributed by atoms with van der Waals surface area (Å²) in [5.41, 5.74) is 6.52. The fraction of sp³-hybridized carbons (Fsp3) is 0.200. The lowest BCUT2D eigenvalue weighted by molar-refractivity contribution is 0.357. The second-order valence-corrected chi connectivity index (χ2v) is 5.87. The number of fused-ring (bicyclic) bond motifs is 1. The molecule has 1 aliphatic heterocycles. The number of hydrogen-bond donors (Lipinski definition) is 2. The highest BCUT2D eigenvalue weighted by molar-refractivity contribution is 14.1. The first-order valence-corrected chi connectivity index (χ1v) is 7.33. The highest BCUT2D eigenvalue weighted by Gasteiger charge is 2.17. The van der Waals surface area contributed by atoms with Crippen LogP contribution in [0.1, 0.15) is 22.7 Å². The molecule has 3 rings (SSSR count). The van der Waals surface area contributed by atoms with Crippen LogP contribution in [0.3, 0.4) is 0 Å². The molecule has 0 radical (unpaired) electrons. The third kappa shape index (κ3) is 2.61. The van der Waals surface area contributed by atoms with Crippen LogP contribution >= 0.6 is 22.6 Å². The number of rotatable bonds is 3. The van der Waals surface area contributed by atoms with E-state index >= 15 is 0 Å². The van der Waals surface area contributed by atoms with Gasteiger partial charge in [0, 0.05) is 9.99 Å². The van der Waals surface area contributed by atoms with Crippen LogP contribution in [0.5, 0.6) is 5.75 Å². The molecule has 0 bridgehead atoms. The minimum Gasteiger partial charge on any atom is -0.493 e. The highest BCUT2D eigenvalue weighted by atomic mass is 127. The zero-order valence-corrected chi connectivity index (χ0v) is 12.6. The molecule has 1 heterocycles. The van der Waals surface area contributed by atoms with Crippen LogP contribution in [0.15, 0.2) is 42.5 Å². The minimum atomic E-state index is 0.0145. The Labute approximate surface area is 126 Å². The van der Waals surface area contributed by atoms with E-state index in [1.165, 1.54) is 20.3 Å². The van der Waals surface area contributed by atoms with Gasteiger partial charge < -0.3 is 4.74 Å². The number of benzene rings is 2. The van der Waals surface area contributed by atoms with Crippen LogP contribution in [0, 0.1) is 3.57 Å². The van der Waals surface area contributed by atoms with E-state index in [0.29, 0.717) is 0 Å². The third-order valence-electron chi connectivity index (χ3n) is 3.40. The molecule has 19 heavy (non-hydrogen) atoms. The Kier molecular flexibility index (Phi) is 3.72. The molecule has 2 aromatic rings. The van der Waals surface area contributed by atoms with Crippen LogP contribution in [0.2, 0.25) is 0 Å². The van der Waals surface area contributed by atoms with Gasteiger partial charge in [-0.2, -0.15) is 0 Å². The molecular formula is C15H15IN2O. The molecule has 0 aliphatic carbocycles. The van der Waals surface area contributed by atoms with Gasteiger partial charge in [0.1, 0.15) is 5.75 Å². The first-order valence-electron chi connectivity index (χ1n) is 6.25. The lowest BCUT2D eigenvalue weighted by Gasteiger charge is -2.18. The van der Waals surface area contributed by atoms with E-state index in [2.05, 4.69) is 64.4 Å². The van der Waals surface area contributed by atoms with Gasteiger partial charge in [-0.1, -0.05) is 24.3 Å². The first-order chi connectivity index (χ1) is 9.28. The molecule has 0 saturated carbocycles. The van der Waals surface area contributed by atoms with Crippen molar-refractivity contribution >= 4 is 22.6 Å². The van der Waals surface area contributed by atoms with E-state index in [4.69, 9.17) is 10.6 Å². The van der Waals surface area contributed by atoms with Crippen LogP contribution < -0.4 is 16.0 Å². The van der Waals surface area contributed by atoms with E-state index in [0.717, 1.165) is 18.8 Å². The second-order valence-electron chi connectivity index (χ2n) is 4.62. The summed E-state index contributed by atoms with van der Waals surface area (Å²) in [4.78, 5) is 0. The topological polar surface area (TPSA) is 47.3 Å². The molecule has 0 aromatic heterocycles. The lowest BCUT2D eigenvalue weighted by Crippen LogP contribution is -2.28. The summed E-state index contributed by atoms with van der Waals surface area (Å²) in [6.07, 6.45) is 0.979. The fourth-order valence-corrected chi connectivity index (χ4v) is 3.02. The smallest absolute Gasteiger partial charge is 0.122 e. The molecule has 1 atom stereocenters. The van der Waals surface area contributed by atoms with E-state index in [1.807, 2.05) is 6.07 Å². The molecule has 98 valence electrons. The van der Waals surface area contributed by atoms with Gasteiger partial charge in [0.2, 0.25) is 0 Å². The Morgan fingerprint density at radius 2 is 2.00 bits per heavy atom. The summed E-state index contributed by atoms with van der Waals surface area (Å²) in [7, 11) is 0. The standard InChI is InChI=1S/C15H15IN2O/c16-13-3-1-2-11(9-13)15(18-17)12-4-5-14-10(8-12)6-7-19-14/h1-5,8-9,15,18H,6-7,17H2. The van der Waals surface area contributed by atoms with Gasteiger partial charge >= 0.3 is 0 Å². The molecule has 1 unspecified atom stereocenters. The van der Waals surface area contributed by atoms with Crippen molar-refractivity contribution < 1.29 is 4.74 Å². The lowest BCUT2D eigenvalue weighted by atomic mass is 9.97. The van der Waals surface area contributed by atoms with Crippen molar-refractivity contribution in [2.75, 3.05) is 6.61 Å². The summed E-state index contributed by atoms with van der Waals surface area (Å²) >= 11 is 2.32.